The maximum absolute atomic E-state index is 12.1. The highest BCUT2D eigenvalue weighted by molar-refractivity contribution is 9.10. The van der Waals surface area contributed by atoms with Crippen LogP contribution in [0.1, 0.15) is 16.1 Å². The summed E-state index contributed by atoms with van der Waals surface area (Å²) in [4.78, 5) is 20.0. The summed E-state index contributed by atoms with van der Waals surface area (Å²) in [5, 5.41) is 3.37. The zero-order chi connectivity index (χ0) is 14.7. The van der Waals surface area contributed by atoms with E-state index >= 15 is 0 Å². The molecule has 0 spiro atoms. The highest BCUT2D eigenvalue weighted by atomic mass is 79.9. The number of hydrogen-bond acceptors (Lipinski definition) is 3. The average Bonchev–Trinajstić information content (AvgIpc) is 2.40. The molecule has 0 aromatic carbocycles. The second kappa shape index (κ2) is 6.72. The van der Waals surface area contributed by atoms with Gasteiger partial charge < -0.3 is 5.32 Å². The van der Waals surface area contributed by atoms with Crippen molar-refractivity contribution >= 4 is 56.6 Å². The summed E-state index contributed by atoms with van der Waals surface area (Å²) in [6.07, 6.45) is 3.01. The number of pyridine rings is 2. The van der Waals surface area contributed by atoms with Gasteiger partial charge in [-0.25, -0.2) is 4.98 Å². The molecule has 20 heavy (non-hydrogen) atoms. The van der Waals surface area contributed by atoms with Crippen LogP contribution in [0, 0.1) is 0 Å². The summed E-state index contributed by atoms with van der Waals surface area (Å²) in [7, 11) is 0. The molecule has 0 aliphatic heterocycles. The number of rotatable bonds is 3. The standard InChI is InChI=1S/C12H7BrCl3N3O/c13-6-1-3-17-8(10(6)15)5-19-12(20)9-7(14)2-4-18-11(9)16/h1-4H,5H2,(H,19,20). The number of amides is 1. The van der Waals surface area contributed by atoms with Gasteiger partial charge in [0.15, 0.2) is 0 Å². The number of nitrogens with one attached hydrogen (secondary N) is 1. The summed E-state index contributed by atoms with van der Waals surface area (Å²) in [5.74, 6) is -0.439. The topological polar surface area (TPSA) is 54.9 Å². The van der Waals surface area contributed by atoms with Crippen LogP contribution in [0.15, 0.2) is 29.0 Å². The van der Waals surface area contributed by atoms with Gasteiger partial charge in [-0.2, -0.15) is 0 Å². The molecule has 2 aromatic heterocycles. The third-order valence-corrected chi connectivity index (χ3v) is 4.32. The van der Waals surface area contributed by atoms with Crippen molar-refractivity contribution in [2.45, 2.75) is 6.54 Å². The first-order valence-corrected chi connectivity index (χ1v) is 7.30. The average molecular weight is 395 g/mol. The smallest absolute Gasteiger partial charge is 0.256 e. The van der Waals surface area contributed by atoms with E-state index < -0.39 is 5.91 Å². The predicted molar refractivity (Wildman–Crippen MR) is 82.4 cm³/mol. The molecule has 8 heteroatoms. The van der Waals surface area contributed by atoms with Gasteiger partial charge in [0.05, 0.1) is 27.8 Å². The minimum Gasteiger partial charge on any atom is -0.346 e. The van der Waals surface area contributed by atoms with Gasteiger partial charge in [0, 0.05) is 16.9 Å². The van der Waals surface area contributed by atoms with Crippen LogP contribution in [0.3, 0.4) is 0 Å². The van der Waals surface area contributed by atoms with Crippen molar-refractivity contribution < 1.29 is 4.79 Å². The van der Waals surface area contributed by atoms with Gasteiger partial charge in [0.25, 0.3) is 5.91 Å². The molecule has 0 bridgehead atoms. The quantitative estimate of drug-likeness (QED) is 0.795. The van der Waals surface area contributed by atoms with Crippen LogP contribution in [0.4, 0.5) is 0 Å². The van der Waals surface area contributed by atoms with E-state index in [0.717, 1.165) is 0 Å². The van der Waals surface area contributed by atoms with E-state index in [4.69, 9.17) is 34.8 Å². The lowest BCUT2D eigenvalue weighted by Gasteiger charge is -2.09. The first-order chi connectivity index (χ1) is 9.50. The Hall–Kier alpha value is -0.880. The maximum atomic E-state index is 12.1. The summed E-state index contributed by atoms with van der Waals surface area (Å²) in [6, 6.07) is 3.20. The summed E-state index contributed by atoms with van der Waals surface area (Å²) in [6.45, 7) is 0.151. The molecular formula is C12H7BrCl3N3O. The molecule has 104 valence electrons. The van der Waals surface area contributed by atoms with Crippen LogP contribution in [0.5, 0.6) is 0 Å². The van der Waals surface area contributed by atoms with Crippen LogP contribution >= 0.6 is 50.7 Å². The molecule has 0 atom stereocenters. The Morgan fingerprint density at radius 3 is 2.60 bits per heavy atom. The van der Waals surface area contributed by atoms with Gasteiger partial charge in [-0.1, -0.05) is 34.8 Å². The monoisotopic (exact) mass is 393 g/mol. The minimum atomic E-state index is -0.439. The van der Waals surface area contributed by atoms with E-state index in [1.807, 2.05) is 0 Å². The van der Waals surface area contributed by atoms with Crippen LogP contribution in [0.2, 0.25) is 15.2 Å². The van der Waals surface area contributed by atoms with Gasteiger partial charge in [0.2, 0.25) is 0 Å². The first kappa shape index (κ1) is 15.5. The third-order valence-electron chi connectivity index (χ3n) is 2.41. The molecule has 0 fully saturated rings. The molecule has 0 aliphatic rings. The van der Waals surface area contributed by atoms with Crippen molar-refractivity contribution in [1.82, 2.24) is 15.3 Å². The molecule has 0 saturated heterocycles. The highest BCUT2D eigenvalue weighted by Crippen LogP contribution is 2.25. The molecule has 1 amide bonds. The lowest BCUT2D eigenvalue weighted by molar-refractivity contribution is 0.0950. The van der Waals surface area contributed by atoms with Crippen LogP contribution in [-0.2, 0) is 6.54 Å². The Morgan fingerprint density at radius 2 is 1.90 bits per heavy atom. The summed E-state index contributed by atoms with van der Waals surface area (Å²) in [5.41, 5.74) is 0.660. The summed E-state index contributed by atoms with van der Waals surface area (Å²) < 4.78 is 0.704. The van der Waals surface area contributed by atoms with Gasteiger partial charge in [0.1, 0.15) is 5.15 Å². The molecule has 2 heterocycles. The van der Waals surface area contributed by atoms with Crippen molar-refractivity contribution in [3.8, 4) is 0 Å². The zero-order valence-corrected chi connectivity index (χ0v) is 13.7. The van der Waals surface area contributed by atoms with E-state index in [1.54, 1.807) is 12.3 Å². The lowest BCUT2D eigenvalue weighted by atomic mass is 10.2. The lowest BCUT2D eigenvalue weighted by Crippen LogP contribution is -2.24. The van der Waals surface area contributed by atoms with Gasteiger partial charge in [-0.05, 0) is 28.1 Å². The van der Waals surface area contributed by atoms with Crippen molar-refractivity contribution in [3.63, 3.8) is 0 Å². The van der Waals surface area contributed by atoms with E-state index in [0.29, 0.717) is 15.2 Å². The Kier molecular flexibility index (Phi) is 5.21. The van der Waals surface area contributed by atoms with Gasteiger partial charge in [-0.15, -0.1) is 0 Å². The van der Waals surface area contributed by atoms with E-state index in [1.165, 1.54) is 12.3 Å². The molecule has 0 saturated carbocycles. The third kappa shape index (κ3) is 3.41. The number of carbonyl (C=O) groups excluding carboxylic acids is 1. The molecule has 0 radical (unpaired) electrons. The number of hydrogen-bond donors (Lipinski definition) is 1. The van der Waals surface area contributed by atoms with Crippen molar-refractivity contribution in [2.24, 2.45) is 0 Å². The first-order valence-electron chi connectivity index (χ1n) is 5.37. The SMILES string of the molecule is O=C(NCc1nccc(Br)c1Cl)c1c(Cl)ccnc1Cl. The minimum absolute atomic E-state index is 0.0447. The molecule has 1 N–H and O–H groups in total. The summed E-state index contributed by atoms with van der Waals surface area (Å²) >= 11 is 21.1. The van der Waals surface area contributed by atoms with E-state index in [2.05, 4.69) is 31.2 Å². The Bertz CT molecular complexity index is 646. The van der Waals surface area contributed by atoms with Crippen molar-refractivity contribution in [3.05, 3.63) is 55.5 Å². The maximum Gasteiger partial charge on any atom is 0.256 e. The fourth-order valence-corrected chi connectivity index (χ4v) is 2.50. The Morgan fingerprint density at radius 1 is 1.20 bits per heavy atom. The molecule has 4 nitrogen and oxygen atoms in total. The van der Waals surface area contributed by atoms with Crippen LogP contribution in [0.25, 0.3) is 0 Å². The molecular weight excluding hydrogens is 388 g/mol. The predicted octanol–water partition coefficient (Wildman–Crippen LogP) is 4.13. The van der Waals surface area contributed by atoms with Crippen LogP contribution in [-0.4, -0.2) is 15.9 Å². The van der Waals surface area contributed by atoms with E-state index in [-0.39, 0.29) is 22.3 Å². The second-order valence-corrected chi connectivity index (χ2v) is 5.69. The normalized spacial score (nSPS) is 10.4. The number of nitrogens with zero attached hydrogens (tertiary/aromatic N) is 2. The molecule has 0 unspecified atom stereocenters. The highest BCUT2D eigenvalue weighted by Gasteiger charge is 2.16. The van der Waals surface area contributed by atoms with Crippen molar-refractivity contribution in [2.75, 3.05) is 0 Å². The van der Waals surface area contributed by atoms with Crippen molar-refractivity contribution in [1.29, 1.82) is 0 Å². The largest absolute Gasteiger partial charge is 0.346 e. The number of halogens is 4. The van der Waals surface area contributed by atoms with Gasteiger partial charge >= 0.3 is 0 Å². The van der Waals surface area contributed by atoms with Crippen LogP contribution < -0.4 is 5.32 Å². The van der Waals surface area contributed by atoms with Gasteiger partial charge in [-0.3, -0.25) is 9.78 Å². The fourth-order valence-electron chi connectivity index (χ4n) is 1.45. The zero-order valence-electron chi connectivity index (χ0n) is 9.83. The molecule has 2 aromatic rings. The Labute approximate surface area is 138 Å². The molecule has 2 rings (SSSR count). The number of carbonyl (C=O) groups is 1. The second-order valence-electron chi connectivity index (χ2n) is 3.69. The fraction of sp³-hybridized carbons (Fsp3) is 0.0833. The van der Waals surface area contributed by atoms with E-state index in [9.17, 15) is 4.79 Å². The number of aromatic nitrogens is 2. The molecule has 0 aliphatic carbocycles. The Balaban J connectivity index is 2.15.